The molecule has 11 rings (SSSR count). The number of hydrogen-bond donors (Lipinski definition) is 0. The highest BCUT2D eigenvalue weighted by molar-refractivity contribution is 6.12. The molecule has 0 saturated heterocycles. The maximum absolute atomic E-state index is 6.87. The summed E-state index contributed by atoms with van der Waals surface area (Å²) in [6, 6.07) is 33.4. The lowest BCUT2D eigenvalue weighted by Crippen LogP contribution is -2.73. The molecule has 5 atom stereocenters. The summed E-state index contributed by atoms with van der Waals surface area (Å²) >= 11 is 0. The Morgan fingerprint density at radius 1 is 0.796 bits per heavy atom. The molecule has 0 spiro atoms. The van der Waals surface area contributed by atoms with Gasteiger partial charge in [-0.2, -0.15) is 0 Å². The first-order valence-corrected chi connectivity index (χ1v) is 17.8. The zero-order valence-corrected chi connectivity index (χ0v) is 28.0. The number of fused-ring (bicyclic) bond motifs is 19. The summed E-state index contributed by atoms with van der Waals surface area (Å²) in [7, 11) is 0. The topological polar surface area (TPSA) is 48.6 Å². The van der Waals surface area contributed by atoms with Gasteiger partial charge < -0.3 is 9.32 Å². The van der Waals surface area contributed by atoms with Crippen molar-refractivity contribution in [3.63, 3.8) is 0 Å². The van der Waals surface area contributed by atoms with Crippen molar-refractivity contribution >= 4 is 56.2 Å². The number of hydrogen-bond acceptors (Lipinski definition) is 6. The van der Waals surface area contributed by atoms with Crippen LogP contribution in [-0.4, -0.2) is 22.2 Å². The zero-order chi connectivity index (χ0) is 32.6. The van der Waals surface area contributed by atoms with Gasteiger partial charge in [0, 0.05) is 57.5 Å². The number of nitrogens with zero attached hydrogens (tertiary/aromatic N) is 5. The molecule has 6 heterocycles. The molecule has 0 saturated carbocycles. The van der Waals surface area contributed by atoms with Crippen molar-refractivity contribution < 1.29 is 4.42 Å². The Morgan fingerprint density at radius 3 is 2.37 bits per heavy atom. The van der Waals surface area contributed by atoms with Crippen LogP contribution in [0.4, 0.5) is 28.7 Å². The molecule has 0 amide bonds. The van der Waals surface area contributed by atoms with E-state index in [0.29, 0.717) is 5.92 Å². The van der Waals surface area contributed by atoms with Crippen LogP contribution in [0.2, 0.25) is 0 Å². The fourth-order valence-electron chi connectivity index (χ4n) is 11.2. The highest BCUT2D eigenvalue weighted by Crippen LogP contribution is 2.79. The second-order valence-corrected chi connectivity index (χ2v) is 14.4. The molecular formula is C43H37N5O. The molecule has 0 fully saturated rings. The van der Waals surface area contributed by atoms with Crippen molar-refractivity contribution in [2.24, 2.45) is 11.3 Å². The summed E-state index contributed by atoms with van der Waals surface area (Å²) in [5.74, 6) is 2.26. The minimum atomic E-state index is -0.222. The largest absolute Gasteiger partial charge is 0.454 e. The Bertz CT molecular complexity index is 2410. The second-order valence-electron chi connectivity index (χ2n) is 14.4. The lowest BCUT2D eigenvalue weighted by atomic mass is 9.35. The molecule has 0 bridgehead atoms. The van der Waals surface area contributed by atoms with Gasteiger partial charge in [0.2, 0.25) is 0 Å². The lowest BCUT2D eigenvalue weighted by molar-refractivity contribution is 0.0711. The van der Waals surface area contributed by atoms with Crippen LogP contribution in [0, 0.1) is 11.3 Å². The van der Waals surface area contributed by atoms with Crippen molar-refractivity contribution in [1.29, 1.82) is 0 Å². The lowest BCUT2D eigenvalue weighted by Gasteiger charge is -2.73. The van der Waals surface area contributed by atoms with Crippen molar-refractivity contribution in [2.45, 2.75) is 57.7 Å². The zero-order valence-electron chi connectivity index (χ0n) is 28.0. The molecule has 0 radical (unpaired) electrons. The number of aromatic nitrogens is 2. The first-order valence-electron chi connectivity index (χ1n) is 17.8. The molecule has 49 heavy (non-hydrogen) atoms. The molecule has 6 heteroatoms. The van der Waals surface area contributed by atoms with Gasteiger partial charge >= 0.3 is 0 Å². The molecule has 6 aromatic rings. The number of para-hydroxylation sites is 3. The van der Waals surface area contributed by atoms with Crippen LogP contribution in [0.15, 0.2) is 126 Å². The van der Waals surface area contributed by atoms with Gasteiger partial charge in [0.1, 0.15) is 11.7 Å². The molecule has 2 aromatic heterocycles. The van der Waals surface area contributed by atoms with Crippen molar-refractivity contribution in [2.75, 3.05) is 14.7 Å². The summed E-state index contributed by atoms with van der Waals surface area (Å²) in [5, 5.41) is 2.37. The van der Waals surface area contributed by atoms with Gasteiger partial charge in [-0.3, -0.25) is 9.80 Å². The van der Waals surface area contributed by atoms with Crippen LogP contribution in [0.5, 0.6) is 0 Å². The summed E-state index contributed by atoms with van der Waals surface area (Å²) in [4.78, 5) is 17.7. The third kappa shape index (κ3) is 2.98. The Morgan fingerprint density at radius 2 is 1.55 bits per heavy atom. The predicted octanol–water partition coefficient (Wildman–Crippen LogP) is 10.3. The summed E-state index contributed by atoms with van der Waals surface area (Å²) in [6.45, 7) is 7.34. The van der Waals surface area contributed by atoms with Crippen LogP contribution in [0.25, 0.3) is 27.5 Å². The minimum Gasteiger partial charge on any atom is -0.454 e. The van der Waals surface area contributed by atoms with E-state index in [-0.39, 0.29) is 23.0 Å². The third-order valence-electron chi connectivity index (χ3n) is 12.7. The number of anilines is 5. The highest BCUT2D eigenvalue weighted by atomic mass is 16.3. The Labute approximate surface area is 286 Å². The predicted molar refractivity (Wildman–Crippen MR) is 198 cm³/mol. The van der Waals surface area contributed by atoms with Gasteiger partial charge in [0.15, 0.2) is 17.2 Å². The molecule has 0 N–H and O–H groups in total. The van der Waals surface area contributed by atoms with E-state index in [9.17, 15) is 0 Å². The monoisotopic (exact) mass is 639 g/mol. The fraction of sp³-hybridized carbons (Fsp3) is 0.256. The van der Waals surface area contributed by atoms with E-state index in [1.165, 1.54) is 44.4 Å². The maximum Gasteiger partial charge on any atom is 0.178 e. The molecule has 240 valence electrons. The maximum atomic E-state index is 6.87. The Kier molecular flexibility index (Phi) is 5.30. The van der Waals surface area contributed by atoms with Gasteiger partial charge in [-0.15, -0.1) is 0 Å². The molecular weight excluding hydrogens is 603 g/mol. The van der Waals surface area contributed by atoms with E-state index in [2.05, 4.69) is 139 Å². The number of allylic oxidation sites excluding steroid dienone is 2. The number of furan rings is 1. The third-order valence-corrected chi connectivity index (χ3v) is 12.7. The second kappa shape index (κ2) is 9.41. The molecule has 4 aliphatic heterocycles. The first-order chi connectivity index (χ1) is 24.2. The SMILES string of the molecule is CCC12C3=C(C4N(c5ccccc5)c5nccnc5N4c4ccccc43)C1(CC)C1C(C)CC=CN1c1c2ccc2c1oc1ccccc12. The number of rotatable bonds is 3. The van der Waals surface area contributed by atoms with Crippen molar-refractivity contribution in [3.05, 3.63) is 132 Å². The van der Waals surface area contributed by atoms with Crippen LogP contribution in [0.3, 0.4) is 0 Å². The van der Waals surface area contributed by atoms with Crippen molar-refractivity contribution in [1.82, 2.24) is 9.97 Å². The van der Waals surface area contributed by atoms with E-state index < -0.39 is 0 Å². The van der Waals surface area contributed by atoms with Gasteiger partial charge in [-0.25, -0.2) is 9.97 Å². The van der Waals surface area contributed by atoms with Crippen molar-refractivity contribution in [3.8, 4) is 0 Å². The number of benzene rings is 4. The van der Waals surface area contributed by atoms with Gasteiger partial charge in [0.05, 0.1) is 11.4 Å². The minimum absolute atomic E-state index is 0.0826. The average molecular weight is 640 g/mol. The molecule has 4 aromatic carbocycles. The van der Waals surface area contributed by atoms with E-state index in [1.54, 1.807) is 0 Å². The van der Waals surface area contributed by atoms with E-state index >= 15 is 0 Å². The molecule has 6 nitrogen and oxygen atoms in total. The van der Waals surface area contributed by atoms with Crippen LogP contribution < -0.4 is 14.7 Å². The van der Waals surface area contributed by atoms with E-state index in [1.807, 2.05) is 12.4 Å². The first kappa shape index (κ1) is 27.6. The van der Waals surface area contributed by atoms with E-state index in [0.717, 1.165) is 47.8 Å². The standard InChI is InChI=1S/C43H37N5O/c1-4-42-31-22-21-29-28-17-10-12-20-33(28)49-37(29)36(31)46-25-13-14-26(3)38(46)43(42,5-2)35-34(42)30-18-9-11-19-32(30)48-40-39(44-23-24-45-40)47(41(35)48)27-15-7-6-8-16-27/h6-13,15-26,38,41H,4-5,14H2,1-3H3. The molecule has 5 unspecified atom stereocenters. The van der Waals surface area contributed by atoms with Crippen LogP contribution >= 0.6 is 0 Å². The Hall–Kier alpha value is -5.36. The average Bonchev–Trinajstić information content (AvgIpc) is 3.69. The summed E-state index contributed by atoms with van der Waals surface area (Å²) < 4.78 is 6.87. The normalized spacial score (nSPS) is 27.2. The summed E-state index contributed by atoms with van der Waals surface area (Å²) in [6.07, 6.45) is 11.4. The van der Waals surface area contributed by atoms with Gasteiger partial charge in [-0.1, -0.05) is 93.6 Å². The molecule has 1 aliphatic carbocycles. The highest BCUT2D eigenvalue weighted by Gasteiger charge is 2.75. The van der Waals surface area contributed by atoms with E-state index in [4.69, 9.17) is 14.4 Å². The van der Waals surface area contributed by atoms with Gasteiger partial charge in [0.25, 0.3) is 0 Å². The van der Waals surface area contributed by atoms with Crippen LogP contribution in [-0.2, 0) is 5.41 Å². The van der Waals surface area contributed by atoms with Gasteiger partial charge in [-0.05, 0) is 66.2 Å². The fourth-order valence-corrected chi connectivity index (χ4v) is 11.2. The Balaban J connectivity index is 1.29. The summed E-state index contributed by atoms with van der Waals surface area (Å²) in [5.41, 5.74) is 10.9. The quantitative estimate of drug-likeness (QED) is 0.192. The van der Waals surface area contributed by atoms with Crippen LogP contribution in [0.1, 0.15) is 51.2 Å². The smallest absolute Gasteiger partial charge is 0.178 e. The molecule has 5 aliphatic rings.